The third-order valence-electron chi connectivity index (χ3n) is 4.93. The van der Waals surface area contributed by atoms with E-state index in [-0.39, 0.29) is 11.9 Å². The topological polar surface area (TPSA) is 53.4 Å². The Bertz CT molecular complexity index is 660. The predicted molar refractivity (Wildman–Crippen MR) is 97.9 cm³/mol. The maximum absolute atomic E-state index is 12.6. The molecule has 0 spiro atoms. The van der Waals surface area contributed by atoms with Crippen molar-refractivity contribution in [1.29, 1.82) is 0 Å². The van der Waals surface area contributed by atoms with Crippen molar-refractivity contribution < 1.29 is 9.90 Å². The molecule has 1 aromatic heterocycles. The number of carbonyl (C=O) groups is 1. The predicted octanol–water partition coefficient (Wildman–Crippen LogP) is 3.52. The highest BCUT2D eigenvalue weighted by Gasteiger charge is 2.30. The normalized spacial score (nSPS) is 18.3. The minimum Gasteiger partial charge on any atom is -0.388 e. The van der Waals surface area contributed by atoms with Gasteiger partial charge in [0.2, 0.25) is 5.91 Å². The summed E-state index contributed by atoms with van der Waals surface area (Å²) < 4.78 is 0. The number of hydrogen-bond acceptors (Lipinski definition) is 3. The fourth-order valence-electron chi connectivity index (χ4n) is 3.59. The molecule has 1 aliphatic rings. The Balaban J connectivity index is 1.49. The number of aliphatic hydroxyl groups is 1. The number of aromatic nitrogens is 1. The molecular formula is C21H26N2O2. The van der Waals surface area contributed by atoms with Gasteiger partial charge in [0, 0.05) is 30.9 Å². The lowest BCUT2D eigenvalue weighted by Crippen LogP contribution is -2.36. The maximum atomic E-state index is 12.6. The third kappa shape index (κ3) is 4.89. The molecule has 2 heterocycles. The summed E-state index contributed by atoms with van der Waals surface area (Å²) >= 11 is 0. The second-order valence-corrected chi connectivity index (χ2v) is 6.72. The van der Waals surface area contributed by atoms with Crippen LogP contribution in [0.15, 0.2) is 54.7 Å². The molecule has 1 N–H and O–H groups in total. The van der Waals surface area contributed by atoms with E-state index in [1.807, 2.05) is 53.4 Å². The van der Waals surface area contributed by atoms with E-state index in [4.69, 9.17) is 0 Å². The van der Waals surface area contributed by atoms with E-state index in [1.54, 1.807) is 6.20 Å². The van der Waals surface area contributed by atoms with Gasteiger partial charge >= 0.3 is 0 Å². The highest BCUT2D eigenvalue weighted by molar-refractivity contribution is 5.76. The van der Waals surface area contributed by atoms with Crippen LogP contribution in [0.5, 0.6) is 0 Å². The highest BCUT2D eigenvalue weighted by atomic mass is 16.3. The summed E-state index contributed by atoms with van der Waals surface area (Å²) in [6.45, 7) is 0.814. The summed E-state index contributed by atoms with van der Waals surface area (Å²) in [7, 11) is 0. The van der Waals surface area contributed by atoms with Gasteiger partial charge in [-0.3, -0.25) is 9.78 Å². The third-order valence-corrected chi connectivity index (χ3v) is 4.93. The van der Waals surface area contributed by atoms with E-state index in [0.717, 1.165) is 43.5 Å². The molecule has 1 fully saturated rings. The molecule has 0 saturated carbocycles. The monoisotopic (exact) mass is 338 g/mol. The summed E-state index contributed by atoms with van der Waals surface area (Å²) in [5.41, 5.74) is 1.96. The van der Waals surface area contributed by atoms with Crippen LogP contribution in [0.25, 0.3) is 0 Å². The average Bonchev–Trinajstić information content (AvgIpc) is 3.11. The molecule has 3 rings (SSSR count). The summed E-state index contributed by atoms with van der Waals surface area (Å²) in [5, 5.41) is 10.5. The van der Waals surface area contributed by atoms with Crippen molar-refractivity contribution in [2.75, 3.05) is 6.54 Å². The van der Waals surface area contributed by atoms with Crippen LogP contribution >= 0.6 is 0 Å². The molecule has 1 amide bonds. The zero-order chi connectivity index (χ0) is 17.5. The summed E-state index contributed by atoms with van der Waals surface area (Å²) in [6, 6.07) is 15.7. The van der Waals surface area contributed by atoms with Gasteiger partial charge in [0.1, 0.15) is 0 Å². The molecule has 1 saturated heterocycles. The second kappa shape index (κ2) is 8.77. The maximum Gasteiger partial charge on any atom is 0.222 e. The van der Waals surface area contributed by atoms with Crippen molar-refractivity contribution in [1.82, 2.24) is 9.88 Å². The van der Waals surface area contributed by atoms with E-state index in [1.165, 1.54) is 0 Å². The largest absolute Gasteiger partial charge is 0.388 e. The van der Waals surface area contributed by atoms with E-state index < -0.39 is 6.10 Å². The molecule has 4 heteroatoms. The van der Waals surface area contributed by atoms with Gasteiger partial charge in [-0.25, -0.2) is 0 Å². The van der Waals surface area contributed by atoms with Crippen LogP contribution < -0.4 is 0 Å². The minimum absolute atomic E-state index is 0.151. The molecule has 2 atom stereocenters. The second-order valence-electron chi connectivity index (χ2n) is 6.72. The van der Waals surface area contributed by atoms with Gasteiger partial charge in [0.05, 0.1) is 6.10 Å². The SMILES string of the molecule is O=C(CCCc1ccccn1)N1CCCC1CC(O)c1ccccc1. The summed E-state index contributed by atoms with van der Waals surface area (Å²) in [5.74, 6) is 0.207. The number of likely N-dealkylation sites (tertiary alicyclic amines) is 1. The molecule has 2 unspecified atom stereocenters. The first-order valence-electron chi connectivity index (χ1n) is 9.16. The summed E-state index contributed by atoms with van der Waals surface area (Å²) in [4.78, 5) is 18.9. The molecule has 0 bridgehead atoms. The van der Waals surface area contributed by atoms with Gasteiger partial charge in [-0.2, -0.15) is 0 Å². The molecule has 2 aromatic rings. The number of hydrogen-bond donors (Lipinski definition) is 1. The van der Waals surface area contributed by atoms with Gasteiger partial charge in [0.25, 0.3) is 0 Å². The average molecular weight is 338 g/mol. The fraction of sp³-hybridized carbons (Fsp3) is 0.429. The zero-order valence-corrected chi connectivity index (χ0v) is 14.6. The number of carbonyl (C=O) groups excluding carboxylic acids is 1. The number of amides is 1. The van der Waals surface area contributed by atoms with Gasteiger partial charge in [-0.1, -0.05) is 36.4 Å². The lowest BCUT2D eigenvalue weighted by Gasteiger charge is -2.27. The number of rotatable bonds is 7. The van der Waals surface area contributed by atoms with Gasteiger partial charge in [0.15, 0.2) is 0 Å². The van der Waals surface area contributed by atoms with Gasteiger partial charge in [-0.15, -0.1) is 0 Å². The molecule has 1 aromatic carbocycles. The number of aliphatic hydroxyl groups excluding tert-OH is 1. The smallest absolute Gasteiger partial charge is 0.222 e. The summed E-state index contributed by atoms with van der Waals surface area (Å²) in [6.07, 6.45) is 6.11. The number of nitrogens with zero attached hydrogens (tertiary/aromatic N) is 2. The first kappa shape index (κ1) is 17.6. The van der Waals surface area contributed by atoms with Crippen LogP contribution in [0, 0.1) is 0 Å². The van der Waals surface area contributed by atoms with Crippen LogP contribution in [0.4, 0.5) is 0 Å². The van der Waals surface area contributed by atoms with E-state index in [0.29, 0.717) is 12.8 Å². The van der Waals surface area contributed by atoms with Crippen LogP contribution in [0.1, 0.15) is 49.5 Å². The van der Waals surface area contributed by atoms with E-state index in [2.05, 4.69) is 4.98 Å². The number of benzene rings is 1. The van der Waals surface area contributed by atoms with Crippen LogP contribution in [-0.2, 0) is 11.2 Å². The molecule has 1 aliphatic heterocycles. The lowest BCUT2D eigenvalue weighted by atomic mass is 10.0. The zero-order valence-electron chi connectivity index (χ0n) is 14.6. The van der Waals surface area contributed by atoms with Crippen LogP contribution in [0.3, 0.4) is 0 Å². The van der Waals surface area contributed by atoms with E-state index >= 15 is 0 Å². The molecule has 4 nitrogen and oxygen atoms in total. The molecule has 0 radical (unpaired) electrons. The quantitative estimate of drug-likeness (QED) is 0.840. The standard InChI is InChI=1S/C21H26N2O2/c24-20(17-8-2-1-3-9-17)16-19-12-7-15-23(19)21(25)13-6-11-18-10-4-5-14-22-18/h1-5,8-10,14,19-20,24H,6-7,11-13,15-16H2. The highest BCUT2D eigenvalue weighted by Crippen LogP contribution is 2.28. The minimum atomic E-state index is -0.506. The Kier molecular flexibility index (Phi) is 6.18. The van der Waals surface area contributed by atoms with E-state index in [9.17, 15) is 9.90 Å². The van der Waals surface area contributed by atoms with Crippen LogP contribution in [0.2, 0.25) is 0 Å². The first-order valence-corrected chi connectivity index (χ1v) is 9.16. The van der Waals surface area contributed by atoms with Gasteiger partial charge in [-0.05, 0) is 49.8 Å². The van der Waals surface area contributed by atoms with Crippen molar-refractivity contribution in [3.8, 4) is 0 Å². The first-order chi connectivity index (χ1) is 12.2. The Labute approximate surface area is 149 Å². The molecular weight excluding hydrogens is 312 g/mol. The lowest BCUT2D eigenvalue weighted by molar-refractivity contribution is -0.132. The Hall–Kier alpha value is -2.20. The van der Waals surface area contributed by atoms with Gasteiger partial charge < -0.3 is 10.0 Å². The van der Waals surface area contributed by atoms with Crippen molar-refractivity contribution >= 4 is 5.91 Å². The number of aryl methyl sites for hydroxylation is 1. The fourth-order valence-corrected chi connectivity index (χ4v) is 3.59. The molecule has 25 heavy (non-hydrogen) atoms. The molecule has 132 valence electrons. The van der Waals surface area contributed by atoms with Crippen molar-refractivity contribution in [3.63, 3.8) is 0 Å². The Morgan fingerprint density at radius 1 is 1.20 bits per heavy atom. The molecule has 0 aliphatic carbocycles. The number of pyridine rings is 1. The van der Waals surface area contributed by atoms with Crippen molar-refractivity contribution in [3.05, 3.63) is 66.0 Å². The Morgan fingerprint density at radius 3 is 2.76 bits per heavy atom. The van der Waals surface area contributed by atoms with Crippen LogP contribution in [-0.4, -0.2) is 33.5 Å². The van der Waals surface area contributed by atoms with Crippen molar-refractivity contribution in [2.24, 2.45) is 0 Å². The Morgan fingerprint density at radius 2 is 2.00 bits per heavy atom. The van der Waals surface area contributed by atoms with Crippen molar-refractivity contribution in [2.45, 2.75) is 50.7 Å².